The van der Waals surface area contributed by atoms with Crippen molar-refractivity contribution < 1.29 is 4.74 Å². The first-order chi connectivity index (χ1) is 11.6. The number of ether oxygens (including phenoxy) is 1. The van der Waals surface area contributed by atoms with Crippen molar-refractivity contribution in [1.82, 2.24) is 15.6 Å². The maximum atomic E-state index is 5.96. The Bertz CT molecular complexity index is 691. The number of nitrogens with one attached hydrogen (secondary N) is 2. The van der Waals surface area contributed by atoms with E-state index in [4.69, 9.17) is 4.74 Å². The summed E-state index contributed by atoms with van der Waals surface area (Å²) in [6, 6.07) is 12.0. The number of pyridine rings is 1. The van der Waals surface area contributed by atoms with E-state index in [2.05, 4.69) is 33.6 Å². The van der Waals surface area contributed by atoms with Crippen LogP contribution in [0, 0.1) is 13.8 Å². The molecule has 1 aromatic heterocycles. The SMILES string of the molecule is CN=C(NCc1ncccc1C)NCC(C)Oc1ccccc1C.I. The van der Waals surface area contributed by atoms with Crippen LogP contribution in [-0.2, 0) is 6.54 Å². The van der Waals surface area contributed by atoms with Crippen LogP contribution in [0.25, 0.3) is 0 Å². The van der Waals surface area contributed by atoms with E-state index in [1.54, 1.807) is 13.2 Å². The molecule has 0 radical (unpaired) electrons. The van der Waals surface area contributed by atoms with Crippen molar-refractivity contribution in [2.45, 2.75) is 33.4 Å². The molecule has 5 nitrogen and oxygen atoms in total. The Morgan fingerprint density at radius 2 is 1.84 bits per heavy atom. The van der Waals surface area contributed by atoms with Crippen molar-refractivity contribution in [3.63, 3.8) is 0 Å². The van der Waals surface area contributed by atoms with Crippen LogP contribution in [0.4, 0.5) is 0 Å². The molecule has 1 aromatic carbocycles. The number of benzene rings is 1. The molecule has 0 spiro atoms. The molecule has 0 aliphatic heterocycles. The monoisotopic (exact) mass is 454 g/mol. The minimum absolute atomic E-state index is 0. The number of para-hydroxylation sites is 1. The number of nitrogens with zero attached hydrogens (tertiary/aromatic N) is 2. The van der Waals surface area contributed by atoms with Gasteiger partial charge in [0.25, 0.3) is 0 Å². The van der Waals surface area contributed by atoms with Crippen LogP contribution < -0.4 is 15.4 Å². The molecule has 2 N–H and O–H groups in total. The summed E-state index contributed by atoms with van der Waals surface area (Å²) in [6.07, 6.45) is 1.83. The van der Waals surface area contributed by atoms with Crippen LogP contribution in [0.15, 0.2) is 47.6 Å². The maximum Gasteiger partial charge on any atom is 0.191 e. The number of hydrogen-bond acceptors (Lipinski definition) is 3. The zero-order valence-electron chi connectivity index (χ0n) is 15.2. The molecule has 2 aromatic rings. The highest BCUT2D eigenvalue weighted by molar-refractivity contribution is 14.0. The van der Waals surface area contributed by atoms with Crippen molar-refractivity contribution in [2.75, 3.05) is 13.6 Å². The summed E-state index contributed by atoms with van der Waals surface area (Å²) >= 11 is 0. The quantitative estimate of drug-likeness (QED) is 0.399. The lowest BCUT2D eigenvalue weighted by atomic mass is 10.2. The number of aliphatic imine (C=N–C) groups is 1. The predicted octanol–water partition coefficient (Wildman–Crippen LogP) is 3.45. The van der Waals surface area contributed by atoms with Crippen LogP contribution >= 0.6 is 24.0 Å². The second-order valence-electron chi connectivity index (χ2n) is 5.77. The fraction of sp³-hybridized carbons (Fsp3) is 0.368. The third kappa shape index (κ3) is 6.89. The molecule has 0 fully saturated rings. The van der Waals surface area contributed by atoms with Crippen LogP contribution in [-0.4, -0.2) is 30.6 Å². The summed E-state index contributed by atoms with van der Waals surface area (Å²) in [6.45, 7) is 7.44. The lowest BCUT2D eigenvalue weighted by Crippen LogP contribution is -2.41. The molecular formula is C19H27IN4O. The fourth-order valence-corrected chi connectivity index (χ4v) is 2.28. The molecule has 0 aliphatic rings. The molecule has 1 atom stereocenters. The van der Waals surface area contributed by atoms with Crippen LogP contribution in [0.5, 0.6) is 5.75 Å². The van der Waals surface area contributed by atoms with Gasteiger partial charge in [-0.05, 0) is 44.0 Å². The van der Waals surface area contributed by atoms with Gasteiger partial charge >= 0.3 is 0 Å². The van der Waals surface area contributed by atoms with E-state index in [0.29, 0.717) is 13.1 Å². The maximum absolute atomic E-state index is 5.96. The van der Waals surface area contributed by atoms with Crippen LogP contribution in [0.3, 0.4) is 0 Å². The molecule has 0 aliphatic carbocycles. The minimum atomic E-state index is 0. The summed E-state index contributed by atoms with van der Waals surface area (Å²) in [7, 11) is 1.76. The van der Waals surface area contributed by atoms with Crippen molar-refractivity contribution in [1.29, 1.82) is 0 Å². The predicted molar refractivity (Wildman–Crippen MR) is 114 cm³/mol. The molecule has 136 valence electrons. The highest BCUT2D eigenvalue weighted by atomic mass is 127. The number of hydrogen-bond donors (Lipinski definition) is 2. The smallest absolute Gasteiger partial charge is 0.191 e. The van der Waals surface area contributed by atoms with E-state index in [-0.39, 0.29) is 30.1 Å². The average Bonchev–Trinajstić information content (AvgIpc) is 2.58. The van der Waals surface area contributed by atoms with Gasteiger partial charge in [-0.2, -0.15) is 0 Å². The summed E-state index contributed by atoms with van der Waals surface area (Å²) in [5, 5.41) is 6.56. The van der Waals surface area contributed by atoms with Gasteiger partial charge in [-0.3, -0.25) is 9.98 Å². The van der Waals surface area contributed by atoms with Gasteiger partial charge in [0.1, 0.15) is 11.9 Å². The Kier molecular flexibility index (Phi) is 9.26. The van der Waals surface area contributed by atoms with E-state index in [1.807, 2.05) is 44.2 Å². The highest BCUT2D eigenvalue weighted by Crippen LogP contribution is 2.17. The standard InChI is InChI=1S/C19H26N4O.HI/c1-14-9-7-11-21-17(14)13-23-19(20-4)22-12-16(3)24-18-10-6-5-8-15(18)2;/h5-11,16H,12-13H2,1-4H3,(H2,20,22,23);1H. The minimum Gasteiger partial charge on any atom is -0.489 e. The van der Waals surface area contributed by atoms with Crippen molar-refractivity contribution >= 4 is 29.9 Å². The van der Waals surface area contributed by atoms with Crippen LogP contribution in [0.1, 0.15) is 23.7 Å². The largest absolute Gasteiger partial charge is 0.489 e. The Labute approximate surface area is 167 Å². The topological polar surface area (TPSA) is 58.5 Å². The lowest BCUT2D eigenvalue weighted by Gasteiger charge is -2.19. The third-order valence-corrected chi connectivity index (χ3v) is 3.74. The first-order valence-corrected chi connectivity index (χ1v) is 8.17. The second-order valence-corrected chi connectivity index (χ2v) is 5.77. The molecule has 1 heterocycles. The molecule has 6 heteroatoms. The third-order valence-electron chi connectivity index (χ3n) is 3.74. The first kappa shape index (κ1) is 21.2. The number of aromatic nitrogens is 1. The van der Waals surface area contributed by atoms with E-state index in [1.165, 1.54) is 0 Å². The Balaban J connectivity index is 0.00000312. The van der Waals surface area contributed by atoms with Crippen molar-refractivity contribution in [2.24, 2.45) is 4.99 Å². The summed E-state index contributed by atoms with van der Waals surface area (Å²) in [4.78, 5) is 8.62. The van der Waals surface area contributed by atoms with E-state index < -0.39 is 0 Å². The van der Waals surface area contributed by atoms with Crippen LogP contribution in [0.2, 0.25) is 0 Å². The van der Waals surface area contributed by atoms with E-state index in [9.17, 15) is 0 Å². The van der Waals surface area contributed by atoms with Gasteiger partial charge in [-0.15, -0.1) is 24.0 Å². The van der Waals surface area contributed by atoms with Crippen molar-refractivity contribution in [3.8, 4) is 5.75 Å². The summed E-state index contributed by atoms with van der Waals surface area (Å²) < 4.78 is 5.96. The van der Waals surface area contributed by atoms with Gasteiger partial charge in [-0.25, -0.2) is 0 Å². The van der Waals surface area contributed by atoms with Gasteiger partial charge in [0.15, 0.2) is 5.96 Å². The molecule has 0 amide bonds. The molecule has 2 rings (SSSR count). The van der Waals surface area contributed by atoms with Gasteiger partial charge in [0.05, 0.1) is 18.8 Å². The average molecular weight is 454 g/mol. The highest BCUT2D eigenvalue weighted by Gasteiger charge is 2.07. The first-order valence-electron chi connectivity index (χ1n) is 8.17. The molecule has 0 saturated heterocycles. The number of halogens is 1. The summed E-state index contributed by atoms with van der Waals surface area (Å²) in [5.41, 5.74) is 3.32. The number of guanidine groups is 1. The van der Waals surface area contributed by atoms with Gasteiger partial charge in [0.2, 0.25) is 0 Å². The zero-order chi connectivity index (χ0) is 17.4. The molecular weight excluding hydrogens is 427 g/mol. The molecule has 1 unspecified atom stereocenters. The Morgan fingerprint density at radius 3 is 2.52 bits per heavy atom. The van der Waals surface area contributed by atoms with E-state index >= 15 is 0 Å². The molecule has 0 saturated carbocycles. The van der Waals surface area contributed by atoms with Crippen molar-refractivity contribution in [3.05, 3.63) is 59.4 Å². The molecule has 25 heavy (non-hydrogen) atoms. The van der Waals surface area contributed by atoms with Gasteiger partial charge in [0, 0.05) is 13.2 Å². The van der Waals surface area contributed by atoms with E-state index in [0.717, 1.165) is 28.5 Å². The van der Waals surface area contributed by atoms with Gasteiger partial charge < -0.3 is 15.4 Å². The Morgan fingerprint density at radius 1 is 1.12 bits per heavy atom. The second kappa shape index (κ2) is 10.9. The Hall–Kier alpha value is -1.83. The number of aryl methyl sites for hydroxylation is 2. The normalized spacial score (nSPS) is 12.1. The fourth-order valence-electron chi connectivity index (χ4n) is 2.28. The number of rotatable bonds is 6. The van der Waals surface area contributed by atoms with Gasteiger partial charge in [-0.1, -0.05) is 24.3 Å². The lowest BCUT2D eigenvalue weighted by molar-refractivity contribution is 0.222. The molecule has 0 bridgehead atoms. The zero-order valence-corrected chi connectivity index (χ0v) is 17.6. The summed E-state index contributed by atoms with van der Waals surface area (Å²) in [5.74, 6) is 1.65.